The monoisotopic (exact) mass is 383 g/mol. The average molecular weight is 383 g/mol. The Bertz CT molecular complexity index is 1020. The molecule has 0 bridgehead atoms. The summed E-state index contributed by atoms with van der Waals surface area (Å²) in [7, 11) is 0. The molecule has 140 valence electrons. The highest BCUT2D eigenvalue weighted by Crippen LogP contribution is 2.35. The lowest BCUT2D eigenvalue weighted by Crippen LogP contribution is -2.36. The summed E-state index contributed by atoms with van der Waals surface area (Å²) < 4.78 is 6.88. The standard InChI is InChI=1S/C20H21N3O3S/c1-13-17-19(27-18(13)14-6-3-2-4-7-14)22-12-23(20(17)25)11-16(24)21-10-15-8-5-9-26-15/h2-4,6-7,12,15H,5,8-11H2,1H3,(H,21,24). The van der Waals surface area contributed by atoms with Crippen molar-refractivity contribution in [2.24, 2.45) is 0 Å². The summed E-state index contributed by atoms with van der Waals surface area (Å²) in [5.74, 6) is -0.204. The van der Waals surface area contributed by atoms with Gasteiger partial charge in [-0.1, -0.05) is 30.3 Å². The Balaban J connectivity index is 1.57. The van der Waals surface area contributed by atoms with Crippen LogP contribution in [0.15, 0.2) is 41.5 Å². The van der Waals surface area contributed by atoms with Crippen molar-refractivity contribution in [3.63, 3.8) is 0 Å². The van der Waals surface area contributed by atoms with Crippen LogP contribution in [0.4, 0.5) is 0 Å². The van der Waals surface area contributed by atoms with Crippen LogP contribution in [0.25, 0.3) is 20.7 Å². The predicted molar refractivity (Wildman–Crippen MR) is 106 cm³/mol. The number of hydrogen-bond acceptors (Lipinski definition) is 5. The Labute approximate surface area is 160 Å². The lowest BCUT2D eigenvalue weighted by molar-refractivity contribution is -0.122. The molecule has 1 aliphatic rings. The van der Waals surface area contributed by atoms with Crippen LogP contribution in [0.5, 0.6) is 0 Å². The molecule has 1 atom stereocenters. The highest BCUT2D eigenvalue weighted by molar-refractivity contribution is 7.22. The second-order valence-corrected chi connectivity index (χ2v) is 7.72. The number of ether oxygens (including phenoxy) is 1. The summed E-state index contributed by atoms with van der Waals surface area (Å²) >= 11 is 1.50. The first kappa shape index (κ1) is 17.9. The first-order chi connectivity index (χ1) is 13.1. The van der Waals surface area contributed by atoms with Crippen LogP contribution in [0, 0.1) is 6.92 Å². The van der Waals surface area contributed by atoms with Gasteiger partial charge in [0.05, 0.1) is 17.8 Å². The number of rotatable bonds is 5. The molecule has 3 heterocycles. The molecule has 2 aromatic heterocycles. The summed E-state index contributed by atoms with van der Waals surface area (Å²) in [5.41, 5.74) is 1.80. The van der Waals surface area contributed by atoms with Gasteiger partial charge in [0.1, 0.15) is 11.4 Å². The van der Waals surface area contributed by atoms with Crippen molar-refractivity contribution in [1.29, 1.82) is 0 Å². The molecule has 1 aliphatic heterocycles. The number of carbonyl (C=O) groups excluding carboxylic acids is 1. The molecule has 4 rings (SSSR count). The molecule has 1 N–H and O–H groups in total. The minimum Gasteiger partial charge on any atom is -0.376 e. The second-order valence-electron chi connectivity index (χ2n) is 6.72. The normalized spacial score (nSPS) is 16.7. The van der Waals surface area contributed by atoms with Crippen molar-refractivity contribution >= 4 is 27.5 Å². The number of nitrogens with one attached hydrogen (secondary N) is 1. The largest absolute Gasteiger partial charge is 0.376 e. The lowest BCUT2D eigenvalue weighted by Gasteiger charge is -2.11. The van der Waals surface area contributed by atoms with Crippen molar-refractivity contribution in [3.8, 4) is 10.4 Å². The van der Waals surface area contributed by atoms with Crippen LogP contribution in [0.2, 0.25) is 0 Å². The molecule has 1 saturated heterocycles. The van der Waals surface area contributed by atoms with Crippen LogP contribution in [0.1, 0.15) is 18.4 Å². The van der Waals surface area contributed by atoms with E-state index in [4.69, 9.17) is 4.74 Å². The summed E-state index contributed by atoms with van der Waals surface area (Å²) in [4.78, 5) is 31.3. The number of fused-ring (bicyclic) bond motifs is 1. The van der Waals surface area contributed by atoms with Gasteiger partial charge < -0.3 is 10.1 Å². The number of amides is 1. The Hall–Kier alpha value is -2.51. The highest BCUT2D eigenvalue weighted by atomic mass is 32.1. The van der Waals surface area contributed by atoms with Gasteiger partial charge in [0.15, 0.2) is 0 Å². The summed E-state index contributed by atoms with van der Waals surface area (Å²) in [6.45, 7) is 3.14. The van der Waals surface area contributed by atoms with Gasteiger partial charge >= 0.3 is 0 Å². The van der Waals surface area contributed by atoms with E-state index in [0.717, 1.165) is 35.5 Å². The number of aromatic nitrogens is 2. The number of benzene rings is 1. The molecule has 27 heavy (non-hydrogen) atoms. The fourth-order valence-corrected chi connectivity index (χ4v) is 4.53. The van der Waals surface area contributed by atoms with Gasteiger partial charge in [-0.2, -0.15) is 0 Å². The molecule has 1 amide bonds. The molecular weight excluding hydrogens is 362 g/mol. The Kier molecular flexibility index (Phi) is 5.05. The van der Waals surface area contributed by atoms with Gasteiger partial charge in [-0.25, -0.2) is 4.98 Å². The van der Waals surface area contributed by atoms with Crippen molar-refractivity contribution in [2.75, 3.05) is 13.2 Å². The Morgan fingerprint density at radius 3 is 2.93 bits per heavy atom. The van der Waals surface area contributed by atoms with E-state index in [1.165, 1.54) is 22.2 Å². The van der Waals surface area contributed by atoms with E-state index < -0.39 is 0 Å². The van der Waals surface area contributed by atoms with Crippen LogP contribution < -0.4 is 10.9 Å². The molecule has 3 aromatic rings. The Morgan fingerprint density at radius 1 is 1.37 bits per heavy atom. The highest BCUT2D eigenvalue weighted by Gasteiger charge is 2.18. The SMILES string of the molecule is Cc1c(-c2ccccc2)sc2ncn(CC(=O)NCC3CCCO3)c(=O)c12. The first-order valence-electron chi connectivity index (χ1n) is 9.06. The zero-order chi connectivity index (χ0) is 18.8. The second kappa shape index (κ2) is 7.62. The number of aryl methyl sites for hydroxylation is 1. The smallest absolute Gasteiger partial charge is 0.262 e. The van der Waals surface area contributed by atoms with Gasteiger partial charge in [-0.15, -0.1) is 11.3 Å². The lowest BCUT2D eigenvalue weighted by atomic mass is 10.1. The zero-order valence-corrected chi connectivity index (χ0v) is 15.9. The van der Waals surface area contributed by atoms with Crippen LogP contribution in [-0.2, 0) is 16.1 Å². The van der Waals surface area contributed by atoms with E-state index in [9.17, 15) is 9.59 Å². The van der Waals surface area contributed by atoms with Gasteiger partial charge in [0, 0.05) is 18.0 Å². The summed E-state index contributed by atoms with van der Waals surface area (Å²) in [6.07, 6.45) is 3.53. The third kappa shape index (κ3) is 3.65. The van der Waals surface area contributed by atoms with Crippen LogP contribution in [0.3, 0.4) is 0 Å². The minimum absolute atomic E-state index is 0.0373. The predicted octanol–water partition coefficient (Wildman–Crippen LogP) is 2.73. The number of carbonyl (C=O) groups is 1. The van der Waals surface area contributed by atoms with Crippen LogP contribution >= 0.6 is 11.3 Å². The number of thiophene rings is 1. The molecular formula is C20H21N3O3S. The van der Waals surface area contributed by atoms with Gasteiger partial charge in [-0.05, 0) is 30.9 Å². The third-order valence-corrected chi connectivity index (χ3v) is 6.07. The van der Waals surface area contributed by atoms with Gasteiger partial charge in [-0.3, -0.25) is 14.2 Å². The van der Waals surface area contributed by atoms with E-state index in [-0.39, 0.29) is 24.1 Å². The molecule has 7 heteroatoms. The minimum atomic E-state index is -0.204. The molecule has 0 saturated carbocycles. The van der Waals surface area contributed by atoms with Crippen LogP contribution in [-0.4, -0.2) is 34.7 Å². The molecule has 1 unspecified atom stereocenters. The van der Waals surface area contributed by atoms with Gasteiger partial charge in [0.25, 0.3) is 5.56 Å². The van der Waals surface area contributed by atoms with Crippen molar-refractivity contribution < 1.29 is 9.53 Å². The first-order valence-corrected chi connectivity index (χ1v) is 9.87. The van der Waals surface area contributed by atoms with Crippen molar-refractivity contribution in [2.45, 2.75) is 32.4 Å². The fraction of sp³-hybridized carbons (Fsp3) is 0.350. The maximum Gasteiger partial charge on any atom is 0.262 e. The van der Waals surface area contributed by atoms with E-state index in [1.54, 1.807) is 0 Å². The molecule has 1 fully saturated rings. The van der Waals surface area contributed by atoms with Crippen molar-refractivity contribution in [1.82, 2.24) is 14.9 Å². The quantitative estimate of drug-likeness (QED) is 0.735. The number of nitrogens with zero attached hydrogens (tertiary/aromatic N) is 2. The Morgan fingerprint density at radius 2 is 2.19 bits per heavy atom. The van der Waals surface area contributed by atoms with E-state index >= 15 is 0 Å². The van der Waals surface area contributed by atoms with Gasteiger partial charge in [0.2, 0.25) is 5.91 Å². The third-order valence-electron chi connectivity index (χ3n) is 4.82. The topological polar surface area (TPSA) is 73.2 Å². The fourth-order valence-electron chi connectivity index (χ4n) is 3.38. The maximum absolute atomic E-state index is 12.9. The zero-order valence-electron chi connectivity index (χ0n) is 15.1. The molecule has 6 nitrogen and oxygen atoms in total. The summed E-state index contributed by atoms with van der Waals surface area (Å²) in [6, 6.07) is 9.96. The molecule has 0 spiro atoms. The van der Waals surface area contributed by atoms with E-state index in [1.807, 2.05) is 37.3 Å². The summed E-state index contributed by atoms with van der Waals surface area (Å²) in [5, 5.41) is 3.44. The molecule has 1 aromatic carbocycles. The van der Waals surface area contributed by atoms with Crippen molar-refractivity contribution in [3.05, 3.63) is 52.6 Å². The molecule has 0 radical (unpaired) electrons. The van der Waals surface area contributed by atoms with E-state index in [0.29, 0.717) is 16.8 Å². The average Bonchev–Trinajstić information content (AvgIpc) is 3.31. The molecule has 0 aliphatic carbocycles. The number of hydrogen-bond donors (Lipinski definition) is 1. The van der Waals surface area contributed by atoms with E-state index in [2.05, 4.69) is 10.3 Å². The maximum atomic E-state index is 12.9.